The smallest absolute Gasteiger partial charge is 0.341 e. The summed E-state index contributed by atoms with van der Waals surface area (Å²) in [5.74, 6) is -0.820. The fraction of sp³-hybridized carbons (Fsp3) is 0.273. The van der Waals surface area contributed by atoms with Crippen LogP contribution in [0.5, 0.6) is 0 Å². The first-order valence-electron chi connectivity index (χ1n) is 9.99. The van der Waals surface area contributed by atoms with Crippen LogP contribution in [0.15, 0.2) is 46.0 Å². The van der Waals surface area contributed by atoms with Gasteiger partial charge in [0.05, 0.1) is 18.4 Å². The van der Waals surface area contributed by atoms with Crippen molar-refractivity contribution < 1.29 is 22.7 Å². The molecule has 1 aliphatic carbocycles. The standard InChI is InChI=1S/C22H22N2O5S3/c1-24(32(27,28)18-8-5-13-30-18)15-11-9-14(10-12-15)20(25)23-21-19(22(26)29-2)16-6-3-4-7-17(16)31-21/h5,8-13H,3-4,6-7H2,1-2H3,(H,23,25). The number of carbonyl (C=O) groups is 2. The summed E-state index contributed by atoms with van der Waals surface area (Å²) in [6, 6.07) is 9.54. The number of sulfonamides is 1. The van der Waals surface area contributed by atoms with Crippen LogP contribution in [0.1, 0.15) is 44.0 Å². The van der Waals surface area contributed by atoms with Crippen LogP contribution in [0, 0.1) is 0 Å². The van der Waals surface area contributed by atoms with Crippen molar-refractivity contribution in [3.63, 3.8) is 0 Å². The molecular weight excluding hydrogens is 468 g/mol. The van der Waals surface area contributed by atoms with Gasteiger partial charge in [-0.2, -0.15) is 0 Å². The Labute approximate surface area is 194 Å². The van der Waals surface area contributed by atoms with Gasteiger partial charge in [0.1, 0.15) is 9.21 Å². The highest BCUT2D eigenvalue weighted by atomic mass is 32.2. The Hall–Kier alpha value is -2.69. The van der Waals surface area contributed by atoms with Crippen molar-refractivity contribution in [1.82, 2.24) is 0 Å². The Morgan fingerprint density at radius 2 is 1.81 bits per heavy atom. The van der Waals surface area contributed by atoms with Gasteiger partial charge in [-0.3, -0.25) is 9.10 Å². The molecule has 4 rings (SSSR count). The summed E-state index contributed by atoms with van der Waals surface area (Å²) in [6.45, 7) is 0. The molecule has 168 valence electrons. The number of anilines is 2. The third-order valence-corrected chi connectivity index (χ3v) is 9.76. The molecule has 1 amide bonds. The van der Waals surface area contributed by atoms with Crippen LogP contribution >= 0.6 is 22.7 Å². The number of esters is 1. The number of ether oxygens (including phenoxy) is 1. The van der Waals surface area contributed by atoms with E-state index in [2.05, 4.69) is 5.32 Å². The van der Waals surface area contributed by atoms with E-state index >= 15 is 0 Å². The van der Waals surface area contributed by atoms with Crippen LogP contribution in [0.3, 0.4) is 0 Å². The number of rotatable bonds is 6. The van der Waals surface area contributed by atoms with E-state index < -0.39 is 16.0 Å². The van der Waals surface area contributed by atoms with Gasteiger partial charge in [0, 0.05) is 17.5 Å². The molecule has 0 fully saturated rings. The molecule has 0 aliphatic heterocycles. The van der Waals surface area contributed by atoms with Crippen molar-refractivity contribution in [3.8, 4) is 0 Å². The number of fused-ring (bicyclic) bond motifs is 1. The van der Waals surface area contributed by atoms with Gasteiger partial charge < -0.3 is 10.1 Å². The monoisotopic (exact) mass is 490 g/mol. The molecule has 0 radical (unpaired) electrons. The lowest BCUT2D eigenvalue weighted by Gasteiger charge is -2.18. The summed E-state index contributed by atoms with van der Waals surface area (Å²) < 4.78 is 31.8. The minimum absolute atomic E-state index is 0.249. The first-order chi connectivity index (χ1) is 15.3. The maximum absolute atomic E-state index is 12.9. The van der Waals surface area contributed by atoms with Gasteiger partial charge in [0.2, 0.25) is 0 Å². The molecule has 0 spiro atoms. The van der Waals surface area contributed by atoms with Gasteiger partial charge in [0.25, 0.3) is 15.9 Å². The number of amides is 1. The van der Waals surface area contributed by atoms with Gasteiger partial charge in [-0.15, -0.1) is 22.7 Å². The van der Waals surface area contributed by atoms with Crippen molar-refractivity contribution >= 4 is 55.3 Å². The van der Waals surface area contributed by atoms with E-state index in [1.54, 1.807) is 41.8 Å². The molecule has 0 saturated carbocycles. The summed E-state index contributed by atoms with van der Waals surface area (Å²) in [5.41, 5.74) is 2.22. The fourth-order valence-corrected chi connectivity index (χ4v) is 7.28. The topological polar surface area (TPSA) is 92.8 Å². The summed E-state index contributed by atoms with van der Waals surface area (Å²) in [7, 11) is -0.840. The molecular formula is C22H22N2O5S3. The van der Waals surface area contributed by atoms with Crippen LogP contribution < -0.4 is 9.62 Å². The molecule has 0 atom stereocenters. The fourth-order valence-electron chi connectivity index (χ4n) is 3.65. The lowest BCUT2D eigenvalue weighted by Crippen LogP contribution is -2.25. The third-order valence-electron chi connectivity index (χ3n) is 5.39. The zero-order valence-electron chi connectivity index (χ0n) is 17.6. The highest BCUT2D eigenvalue weighted by Crippen LogP contribution is 2.38. The van der Waals surface area contributed by atoms with E-state index in [0.29, 0.717) is 21.8 Å². The lowest BCUT2D eigenvalue weighted by atomic mass is 9.95. The SMILES string of the molecule is COC(=O)c1c(NC(=O)c2ccc(N(C)S(=O)(=O)c3cccs3)cc2)sc2c1CCCC2. The summed E-state index contributed by atoms with van der Waals surface area (Å²) in [6.07, 6.45) is 3.75. The van der Waals surface area contributed by atoms with Crippen molar-refractivity contribution in [2.75, 3.05) is 23.8 Å². The van der Waals surface area contributed by atoms with E-state index in [-0.39, 0.29) is 10.1 Å². The molecule has 1 aromatic carbocycles. The summed E-state index contributed by atoms with van der Waals surface area (Å²) >= 11 is 2.57. The predicted molar refractivity (Wildman–Crippen MR) is 127 cm³/mol. The van der Waals surface area contributed by atoms with Crippen molar-refractivity contribution in [1.29, 1.82) is 0 Å². The number of hydrogen-bond acceptors (Lipinski definition) is 7. The number of carbonyl (C=O) groups excluding carboxylic acids is 2. The van der Waals surface area contributed by atoms with Gasteiger partial charge in [-0.05, 0) is 67.0 Å². The van der Waals surface area contributed by atoms with E-state index in [1.807, 2.05) is 0 Å². The number of thiophene rings is 2. The van der Waals surface area contributed by atoms with Gasteiger partial charge in [0.15, 0.2) is 0 Å². The number of nitrogens with one attached hydrogen (secondary N) is 1. The molecule has 7 nitrogen and oxygen atoms in total. The zero-order valence-corrected chi connectivity index (χ0v) is 20.0. The second-order valence-electron chi connectivity index (χ2n) is 7.31. The van der Waals surface area contributed by atoms with E-state index in [0.717, 1.165) is 47.5 Å². The Balaban J connectivity index is 1.55. The Kier molecular flexibility index (Phi) is 6.36. The molecule has 2 heterocycles. The maximum Gasteiger partial charge on any atom is 0.341 e. The van der Waals surface area contributed by atoms with Crippen molar-refractivity contribution in [2.24, 2.45) is 0 Å². The molecule has 0 bridgehead atoms. The third kappa shape index (κ3) is 4.17. The Bertz CT molecular complexity index is 1250. The summed E-state index contributed by atoms with van der Waals surface area (Å²) in [5, 5.41) is 5.05. The molecule has 1 aliphatic rings. The minimum atomic E-state index is -3.65. The summed E-state index contributed by atoms with van der Waals surface area (Å²) in [4.78, 5) is 26.3. The predicted octanol–water partition coefficient (Wildman–Crippen LogP) is 4.55. The Morgan fingerprint density at radius 1 is 1.09 bits per heavy atom. The number of nitrogens with zero attached hydrogens (tertiary/aromatic N) is 1. The number of aryl methyl sites for hydroxylation is 1. The second kappa shape index (κ2) is 9.05. The molecule has 2 aromatic heterocycles. The highest BCUT2D eigenvalue weighted by Gasteiger charge is 2.27. The first-order valence-corrected chi connectivity index (χ1v) is 13.1. The first kappa shape index (κ1) is 22.5. The van der Waals surface area contributed by atoms with Crippen molar-refractivity contribution in [2.45, 2.75) is 29.9 Å². The van der Waals surface area contributed by atoms with Gasteiger partial charge in [-0.1, -0.05) is 6.07 Å². The molecule has 10 heteroatoms. The zero-order chi connectivity index (χ0) is 22.9. The Morgan fingerprint density at radius 3 is 2.47 bits per heavy atom. The maximum atomic E-state index is 12.9. The largest absolute Gasteiger partial charge is 0.465 e. The number of benzene rings is 1. The molecule has 0 unspecified atom stereocenters. The van der Waals surface area contributed by atoms with Gasteiger partial charge >= 0.3 is 5.97 Å². The van der Waals surface area contributed by atoms with Crippen molar-refractivity contribution in [3.05, 3.63) is 63.3 Å². The molecule has 32 heavy (non-hydrogen) atoms. The minimum Gasteiger partial charge on any atom is -0.465 e. The highest BCUT2D eigenvalue weighted by molar-refractivity contribution is 7.94. The average Bonchev–Trinajstić information content (AvgIpc) is 3.46. The average molecular weight is 491 g/mol. The van der Waals surface area contributed by atoms with Crippen LogP contribution in [0.2, 0.25) is 0 Å². The normalized spacial score (nSPS) is 13.3. The van der Waals surface area contributed by atoms with E-state index in [9.17, 15) is 18.0 Å². The quantitative estimate of drug-likeness (QED) is 0.512. The second-order valence-corrected chi connectivity index (χ2v) is 11.6. The van der Waals surface area contributed by atoms with E-state index in [4.69, 9.17) is 4.74 Å². The van der Waals surface area contributed by atoms with Crippen LogP contribution in [0.25, 0.3) is 0 Å². The molecule has 1 N–H and O–H groups in total. The van der Waals surface area contributed by atoms with Crippen LogP contribution in [-0.4, -0.2) is 34.5 Å². The lowest BCUT2D eigenvalue weighted by molar-refractivity contribution is 0.0601. The van der Waals surface area contributed by atoms with E-state index in [1.165, 1.54) is 29.8 Å². The van der Waals surface area contributed by atoms with Crippen LogP contribution in [0.4, 0.5) is 10.7 Å². The molecule has 3 aromatic rings. The number of hydrogen-bond donors (Lipinski definition) is 1. The number of methoxy groups -OCH3 is 1. The van der Waals surface area contributed by atoms with Crippen LogP contribution in [-0.2, 0) is 27.6 Å². The molecule has 0 saturated heterocycles. The van der Waals surface area contributed by atoms with Gasteiger partial charge in [-0.25, -0.2) is 13.2 Å².